The van der Waals surface area contributed by atoms with Crippen molar-refractivity contribution in [3.63, 3.8) is 0 Å². The third-order valence-electron chi connectivity index (χ3n) is 13.7. The molecule has 2 heterocycles. The molecule has 2 aliphatic heterocycles. The molecular formula is C67H98O18. The topological polar surface area (TPSA) is 229 Å². The Balaban J connectivity index is 1.86. The Kier molecular flexibility index (Phi) is 22.2. The lowest BCUT2D eigenvalue weighted by atomic mass is 9.87. The zero-order valence-corrected chi connectivity index (χ0v) is 55.2. The average Bonchev–Trinajstić information content (AvgIpc) is 2.84. The van der Waals surface area contributed by atoms with E-state index in [-0.39, 0.29) is 0 Å². The fourth-order valence-electron chi connectivity index (χ4n) is 8.09. The van der Waals surface area contributed by atoms with Gasteiger partial charge in [0.1, 0.15) is 37.6 Å². The maximum Gasteiger partial charge on any atom is 0.311 e. The molecule has 2 fully saturated rings. The van der Waals surface area contributed by atoms with Gasteiger partial charge in [-0.25, -0.2) is 0 Å². The Morgan fingerprint density at radius 2 is 0.624 bits per heavy atom. The molecule has 474 valence electrons. The number of carbonyl (C=O) groups excluding carboxylic acids is 8. The number of esters is 8. The van der Waals surface area contributed by atoms with E-state index in [1.807, 2.05) is 43.3 Å². The number of rotatable bonds is 14. The highest BCUT2D eigenvalue weighted by Crippen LogP contribution is 2.43. The molecule has 4 rings (SSSR count). The molecule has 0 bridgehead atoms. The zero-order chi connectivity index (χ0) is 65.1. The van der Waals surface area contributed by atoms with Gasteiger partial charge in [0.25, 0.3) is 0 Å². The fourth-order valence-corrected chi connectivity index (χ4v) is 8.09. The summed E-state index contributed by atoms with van der Waals surface area (Å²) in [7, 11) is 0. The second-order valence-corrected chi connectivity index (χ2v) is 30.7. The van der Waals surface area contributed by atoms with Gasteiger partial charge in [0, 0.05) is 0 Å². The van der Waals surface area contributed by atoms with Gasteiger partial charge in [0.05, 0.1) is 43.3 Å². The molecule has 0 amide bonds. The first-order valence-electron chi connectivity index (χ1n) is 29.2. The summed E-state index contributed by atoms with van der Waals surface area (Å²) in [6, 6.07) is 12.7. The molecule has 0 aromatic heterocycles. The summed E-state index contributed by atoms with van der Waals surface area (Å²) in [6.07, 6.45) is -9.35. The standard InChI is InChI=1S/C67H98O18/c1-37-34-39(30-33-41(37)45-49(83-57(73)65(17,18)19)51(85-59(75)67(23,24)25)47(81-55(71)63(11,12)13)43(79-45)36-77-53(69)61(5,6)7)27-26-38-28-31-40(32-29-38)44-48(82-56(72)64(14,15)16)50(84-58(74)66(20,21)22)46(80-54(70)62(8,9)10)42(78-44)35-76-52(68)60(2,3)4/h26-34,42-51H,35-36H2,1-25H3/b27-26+/t42-,43-,44-,45-,46-,47-,48-,49-,50+,51+/m1/s1. The van der Waals surface area contributed by atoms with Gasteiger partial charge < -0.3 is 47.4 Å². The molecule has 0 saturated carbocycles. The third kappa shape index (κ3) is 19.4. The first-order valence-corrected chi connectivity index (χ1v) is 29.2. The Hall–Kier alpha value is -6.14. The van der Waals surface area contributed by atoms with Gasteiger partial charge in [0.2, 0.25) is 0 Å². The van der Waals surface area contributed by atoms with Gasteiger partial charge in [-0.05, 0) is 201 Å². The minimum absolute atomic E-state index is 0.404. The highest BCUT2D eigenvalue weighted by atomic mass is 16.7. The van der Waals surface area contributed by atoms with Crippen LogP contribution in [0.4, 0.5) is 0 Å². The number of hydrogen-bond acceptors (Lipinski definition) is 18. The van der Waals surface area contributed by atoms with Crippen LogP contribution in [-0.2, 0) is 85.7 Å². The number of carbonyl (C=O) groups is 8. The summed E-state index contributed by atoms with van der Waals surface area (Å²) in [6.45, 7) is 41.2. The van der Waals surface area contributed by atoms with Crippen LogP contribution >= 0.6 is 0 Å². The van der Waals surface area contributed by atoms with Crippen molar-refractivity contribution >= 4 is 59.9 Å². The van der Waals surface area contributed by atoms with Gasteiger partial charge in [-0.1, -0.05) is 54.6 Å². The van der Waals surface area contributed by atoms with Crippen LogP contribution in [0.3, 0.4) is 0 Å². The zero-order valence-electron chi connectivity index (χ0n) is 55.2. The van der Waals surface area contributed by atoms with Crippen molar-refractivity contribution in [2.75, 3.05) is 13.2 Å². The maximum atomic E-state index is 14.0. The summed E-state index contributed by atoms with van der Waals surface area (Å²) < 4.78 is 62.6. The van der Waals surface area contributed by atoms with Crippen molar-refractivity contribution in [1.29, 1.82) is 0 Å². The van der Waals surface area contributed by atoms with E-state index < -0.39 is 165 Å². The lowest BCUT2D eigenvalue weighted by Crippen LogP contribution is -2.61. The second-order valence-electron chi connectivity index (χ2n) is 30.7. The lowest BCUT2D eigenvalue weighted by molar-refractivity contribution is -0.262. The van der Waals surface area contributed by atoms with Crippen LogP contribution in [0.25, 0.3) is 12.2 Å². The molecule has 2 saturated heterocycles. The average molecular weight is 1190 g/mol. The van der Waals surface area contributed by atoms with Crippen molar-refractivity contribution in [1.82, 2.24) is 0 Å². The molecule has 0 unspecified atom stereocenters. The Morgan fingerprint density at radius 1 is 0.353 bits per heavy atom. The lowest BCUT2D eigenvalue weighted by Gasteiger charge is -2.46. The summed E-state index contributed by atoms with van der Waals surface area (Å²) in [4.78, 5) is 110. The van der Waals surface area contributed by atoms with Crippen molar-refractivity contribution in [2.24, 2.45) is 43.3 Å². The first-order chi connectivity index (χ1) is 38.4. The van der Waals surface area contributed by atoms with Crippen LogP contribution in [0.1, 0.15) is 206 Å². The van der Waals surface area contributed by atoms with Gasteiger partial charge in [0.15, 0.2) is 36.6 Å². The van der Waals surface area contributed by atoms with Crippen LogP contribution in [0.5, 0.6) is 0 Å². The molecule has 18 nitrogen and oxygen atoms in total. The Morgan fingerprint density at radius 3 is 0.941 bits per heavy atom. The van der Waals surface area contributed by atoms with E-state index in [1.165, 1.54) is 0 Å². The smallest absolute Gasteiger partial charge is 0.311 e. The van der Waals surface area contributed by atoms with E-state index in [0.29, 0.717) is 16.7 Å². The van der Waals surface area contributed by atoms with Crippen LogP contribution in [0.2, 0.25) is 0 Å². The van der Waals surface area contributed by atoms with E-state index in [1.54, 1.807) is 184 Å². The van der Waals surface area contributed by atoms with Crippen molar-refractivity contribution in [3.05, 3.63) is 70.3 Å². The molecule has 0 aliphatic carbocycles. The van der Waals surface area contributed by atoms with Crippen LogP contribution in [0, 0.1) is 50.2 Å². The summed E-state index contributed by atoms with van der Waals surface area (Å²) in [5.74, 6) is -5.06. The number of ether oxygens (including phenoxy) is 10. The van der Waals surface area contributed by atoms with E-state index in [2.05, 4.69) is 0 Å². The van der Waals surface area contributed by atoms with E-state index in [4.69, 9.17) is 47.4 Å². The quantitative estimate of drug-likeness (QED) is 0.0972. The predicted molar refractivity (Wildman–Crippen MR) is 319 cm³/mol. The summed E-state index contributed by atoms with van der Waals surface area (Å²) in [5, 5.41) is 0. The normalized spacial score (nSPS) is 23.7. The molecule has 2 aromatic carbocycles. The van der Waals surface area contributed by atoms with Gasteiger partial charge in [-0.15, -0.1) is 0 Å². The largest absolute Gasteiger partial charge is 0.462 e. The second kappa shape index (κ2) is 26.5. The van der Waals surface area contributed by atoms with Gasteiger partial charge in [-0.2, -0.15) is 0 Å². The molecule has 10 atom stereocenters. The van der Waals surface area contributed by atoms with E-state index in [0.717, 1.165) is 11.1 Å². The molecule has 0 spiro atoms. The monoisotopic (exact) mass is 1190 g/mol. The molecule has 18 heteroatoms. The van der Waals surface area contributed by atoms with Crippen molar-refractivity contribution in [2.45, 2.75) is 234 Å². The highest BCUT2D eigenvalue weighted by Gasteiger charge is 2.57. The van der Waals surface area contributed by atoms with Crippen molar-refractivity contribution < 1.29 is 85.7 Å². The van der Waals surface area contributed by atoms with E-state index >= 15 is 0 Å². The maximum absolute atomic E-state index is 14.0. The Labute approximate surface area is 504 Å². The number of aryl methyl sites for hydroxylation is 1. The predicted octanol–water partition coefficient (Wildman–Crippen LogP) is 12.0. The minimum atomic E-state index is -1.43. The fraction of sp³-hybridized carbons (Fsp3) is 0.672. The van der Waals surface area contributed by atoms with E-state index in [9.17, 15) is 38.4 Å². The molecule has 2 aliphatic rings. The molecule has 0 radical (unpaired) electrons. The SMILES string of the molecule is Cc1cc(/C=C/c2ccc([C@H]3O[C@H](COC(=O)C(C)(C)C)[C@@H](OC(=O)C(C)(C)C)[C@H](OC(=O)C(C)(C)C)[C@@H]3OC(=O)C(C)(C)C)cc2)ccc1[C@H]1O[C@H](COC(=O)C(C)(C)C)[C@@H](OC(=O)C(C)(C)C)[C@H](OC(=O)C(C)(C)C)[C@@H]1OC(=O)C(C)(C)C. The number of hydrogen-bond donors (Lipinski definition) is 0. The van der Waals surface area contributed by atoms with Crippen LogP contribution < -0.4 is 0 Å². The molecular weight excluding hydrogens is 1090 g/mol. The number of benzene rings is 2. The minimum Gasteiger partial charge on any atom is -0.462 e. The summed E-state index contributed by atoms with van der Waals surface area (Å²) >= 11 is 0. The molecule has 85 heavy (non-hydrogen) atoms. The first kappa shape index (κ1) is 71.3. The highest BCUT2D eigenvalue weighted by molar-refractivity contribution is 5.80. The Bertz CT molecular complexity index is 2770. The van der Waals surface area contributed by atoms with Gasteiger partial charge >= 0.3 is 47.8 Å². The van der Waals surface area contributed by atoms with Gasteiger partial charge in [-0.3, -0.25) is 38.4 Å². The molecule has 0 N–H and O–H groups in total. The van der Waals surface area contributed by atoms with Crippen LogP contribution in [-0.4, -0.2) is 110 Å². The van der Waals surface area contributed by atoms with Crippen molar-refractivity contribution in [3.8, 4) is 0 Å². The van der Waals surface area contributed by atoms with Crippen LogP contribution in [0.15, 0.2) is 42.5 Å². The summed E-state index contributed by atoms with van der Waals surface area (Å²) in [5.41, 5.74) is -4.88. The molecule has 2 aromatic rings. The third-order valence-corrected chi connectivity index (χ3v) is 13.7.